The highest BCUT2D eigenvalue weighted by molar-refractivity contribution is 6.99. The monoisotopic (exact) mass is 237 g/mol. The number of hydrogen-bond donors (Lipinski definition) is 0. The average Bonchev–Trinajstić information content (AvgIpc) is 2.79. The Morgan fingerprint density at radius 3 is 2.75 bits per heavy atom. The van der Waals surface area contributed by atoms with Crippen molar-refractivity contribution in [1.82, 2.24) is 13.6 Å². The molecule has 16 heavy (non-hydrogen) atoms. The van der Waals surface area contributed by atoms with Crippen molar-refractivity contribution in [3.63, 3.8) is 0 Å². The maximum atomic E-state index is 4.58. The topological polar surface area (TPSA) is 29.0 Å². The van der Waals surface area contributed by atoms with Crippen molar-refractivity contribution in [3.05, 3.63) is 11.4 Å². The molecule has 3 aliphatic rings. The highest BCUT2D eigenvalue weighted by Crippen LogP contribution is 2.39. The van der Waals surface area contributed by atoms with E-state index in [2.05, 4.69) is 20.6 Å². The molecule has 4 rings (SSSR count). The molecule has 0 N–H and O–H groups in total. The van der Waals surface area contributed by atoms with E-state index in [1.165, 1.54) is 62.0 Å². The van der Waals surface area contributed by atoms with Crippen LogP contribution in [0.3, 0.4) is 0 Å². The maximum Gasteiger partial charge on any atom is 0.0821 e. The first-order chi connectivity index (χ1) is 7.88. The molecule has 0 aromatic carbocycles. The molecule has 2 bridgehead atoms. The molecule has 3 aliphatic heterocycles. The predicted molar refractivity (Wildman–Crippen MR) is 65.8 cm³/mol. The van der Waals surface area contributed by atoms with Gasteiger partial charge in [-0.15, -0.1) is 0 Å². The zero-order chi connectivity index (χ0) is 11.0. The fourth-order valence-corrected chi connectivity index (χ4v) is 3.83. The van der Waals surface area contributed by atoms with Crippen LogP contribution in [0.15, 0.2) is 0 Å². The van der Waals surface area contributed by atoms with E-state index in [1.54, 1.807) is 0 Å². The summed E-state index contributed by atoms with van der Waals surface area (Å²) in [4.78, 5) is 2.60. The summed E-state index contributed by atoms with van der Waals surface area (Å²) in [5.41, 5.74) is 2.62. The van der Waals surface area contributed by atoms with E-state index in [0.717, 1.165) is 12.3 Å². The molecule has 3 nitrogen and oxygen atoms in total. The summed E-state index contributed by atoms with van der Waals surface area (Å²) >= 11 is 1.41. The standard InChI is InChI=1S/C12H19N3S/c1-2-3-11-12(14-16-13-11)10-8-15-6-4-9(10)5-7-15/h9-10H,2-8H2,1H3. The van der Waals surface area contributed by atoms with Crippen LogP contribution in [0.4, 0.5) is 0 Å². The second-order valence-electron chi connectivity index (χ2n) is 5.09. The number of rotatable bonds is 3. The van der Waals surface area contributed by atoms with Crippen molar-refractivity contribution < 1.29 is 0 Å². The number of hydrogen-bond acceptors (Lipinski definition) is 4. The molecular weight excluding hydrogens is 218 g/mol. The molecule has 0 amide bonds. The first kappa shape index (κ1) is 10.7. The third kappa shape index (κ3) is 1.78. The molecule has 4 heterocycles. The summed E-state index contributed by atoms with van der Waals surface area (Å²) in [6.45, 7) is 6.07. The van der Waals surface area contributed by atoms with E-state index in [1.807, 2.05) is 0 Å². The van der Waals surface area contributed by atoms with Gasteiger partial charge in [-0.1, -0.05) is 13.3 Å². The molecule has 3 fully saturated rings. The lowest BCUT2D eigenvalue weighted by molar-refractivity contribution is 0.0853. The summed E-state index contributed by atoms with van der Waals surface area (Å²) in [7, 11) is 0. The van der Waals surface area contributed by atoms with Crippen LogP contribution in [0.1, 0.15) is 43.5 Å². The van der Waals surface area contributed by atoms with Crippen molar-refractivity contribution in [2.75, 3.05) is 19.6 Å². The highest BCUT2D eigenvalue weighted by atomic mass is 32.1. The van der Waals surface area contributed by atoms with Crippen molar-refractivity contribution in [2.45, 2.75) is 38.5 Å². The Kier molecular flexibility index (Phi) is 2.94. The normalized spacial score (nSPS) is 33.2. The van der Waals surface area contributed by atoms with Gasteiger partial charge in [0.25, 0.3) is 0 Å². The zero-order valence-corrected chi connectivity index (χ0v) is 10.7. The van der Waals surface area contributed by atoms with Gasteiger partial charge in [0.05, 0.1) is 23.1 Å². The van der Waals surface area contributed by atoms with Crippen LogP contribution in [0.2, 0.25) is 0 Å². The van der Waals surface area contributed by atoms with E-state index < -0.39 is 0 Å². The fourth-order valence-electron chi connectivity index (χ4n) is 3.18. The molecule has 0 radical (unpaired) electrons. The SMILES string of the molecule is CCCc1nsnc1C1CN2CCC1CC2. The third-order valence-corrected chi connectivity index (χ3v) is 4.66. The van der Waals surface area contributed by atoms with Crippen molar-refractivity contribution in [3.8, 4) is 0 Å². The van der Waals surface area contributed by atoms with Crippen LogP contribution in [-0.4, -0.2) is 33.3 Å². The van der Waals surface area contributed by atoms with E-state index in [9.17, 15) is 0 Å². The van der Waals surface area contributed by atoms with Crippen LogP contribution < -0.4 is 0 Å². The zero-order valence-electron chi connectivity index (χ0n) is 9.85. The minimum absolute atomic E-state index is 0.683. The Morgan fingerprint density at radius 2 is 2.12 bits per heavy atom. The number of nitrogens with zero attached hydrogens (tertiary/aromatic N) is 3. The molecule has 3 saturated heterocycles. The van der Waals surface area contributed by atoms with Gasteiger partial charge in [0.1, 0.15) is 0 Å². The second kappa shape index (κ2) is 4.41. The molecule has 1 aromatic rings. The largest absolute Gasteiger partial charge is 0.303 e. The quantitative estimate of drug-likeness (QED) is 0.807. The van der Waals surface area contributed by atoms with Gasteiger partial charge in [0.15, 0.2) is 0 Å². The van der Waals surface area contributed by atoms with Gasteiger partial charge in [-0.25, -0.2) is 0 Å². The molecule has 1 unspecified atom stereocenters. The van der Waals surface area contributed by atoms with Gasteiger partial charge < -0.3 is 4.90 Å². The van der Waals surface area contributed by atoms with Crippen LogP contribution in [0, 0.1) is 5.92 Å². The molecule has 0 saturated carbocycles. The first-order valence-electron chi connectivity index (χ1n) is 6.42. The van der Waals surface area contributed by atoms with Crippen molar-refractivity contribution in [2.24, 2.45) is 5.92 Å². The molecular formula is C12H19N3S. The number of fused-ring (bicyclic) bond motifs is 3. The molecule has 4 heteroatoms. The molecule has 0 aliphatic carbocycles. The van der Waals surface area contributed by atoms with Gasteiger partial charge in [0.2, 0.25) is 0 Å². The fraction of sp³-hybridized carbons (Fsp3) is 0.833. The predicted octanol–water partition coefficient (Wildman–Crippen LogP) is 2.30. The first-order valence-corrected chi connectivity index (χ1v) is 7.15. The molecule has 1 aromatic heterocycles. The lowest BCUT2D eigenvalue weighted by Crippen LogP contribution is -2.46. The molecule has 88 valence electrons. The highest BCUT2D eigenvalue weighted by Gasteiger charge is 2.37. The lowest BCUT2D eigenvalue weighted by atomic mass is 9.77. The Bertz CT molecular complexity index is 355. The van der Waals surface area contributed by atoms with E-state index in [4.69, 9.17) is 0 Å². The van der Waals surface area contributed by atoms with Gasteiger partial charge in [-0.05, 0) is 38.3 Å². The average molecular weight is 237 g/mol. The van der Waals surface area contributed by atoms with Crippen molar-refractivity contribution >= 4 is 11.7 Å². The van der Waals surface area contributed by atoms with Gasteiger partial charge in [0, 0.05) is 12.5 Å². The summed E-state index contributed by atoms with van der Waals surface area (Å²) in [6.07, 6.45) is 5.02. The Hall–Kier alpha value is -0.480. The van der Waals surface area contributed by atoms with Gasteiger partial charge >= 0.3 is 0 Å². The van der Waals surface area contributed by atoms with Crippen LogP contribution >= 0.6 is 11.7 Å². The van der Waals surface area contributed by atoms with Crippen LogP contribution in [-0.2, 0) is 6.42 Å². The smallest absolute Gasteiger partial charge is 0.0821 e. The third-order valence-electron chi connectivity index (χ3n) is 4.08. The summed E-state index contributed by atoms with van der Waals surface area (Å²) in [5, 5.41) is 0. The second-order valence-corrected chi connectivity index (χ2v) is 5.62. The van der Waals surface area contributed by atoms with Crippen LogP contribution in [0.5, 0.6) is 0 Å². The lowest BCUT2D eigenvalue weighted by Gasteiger charge is -2.44. The van der Waals surface area contributed by atoms with Crippen molar-refractivity contribution in [1.29, 1.82) is 0 Å². The minimum atomic E-state index is 0.683. The molecule has 0 spiro atoms. The Morgan fingerprint density at radius 1 is 1.31 bits per heavy atom. The number of aryl methyl sites for hydroxylation is 1. The summed E-state index contributed by atoms with van der Waals surface area (Å²) < 4.78 is 9.06. The van der Waals surface area contributed by atoms with Crippen LogP contribution in [0.25, 0.3) is 0 Å². The van der Waals surface area contributed by atoms with E-state index >= 15 is 0 Å². The van der Waals surface area contributed by atoms with E-state index in [-0.39, 0.29) is 0 Å². The van der Waals surface area contributed by atoms with Gasteiger partial charge in [-0.3, -0.25) is 0 Å². The Balaban J connectivity index is 1.83. The number of aromatic nitrogens is 2. The number of piperidine rings is 3. The minimum Gasteiger partial charge on any atom is -0.303 e. The maximum absolute atomic E-state index is 4.58. The molecule has 1 atom stereocenters. The van der Waals surface area contributed by atoms with E-state index in [0.29, 0.717) is 5.92 Å². The summed E-state index contributed by atoms with van der Waals surface area (Å²) in [6, 6.07) is 0. The van der Waals surface area contributed by atoms with Gasteiger partial charge in [-0.2, -0.15) is 8.75 Å². The Labute approximate surface area is 101 Å². The summed E-state index contributed by atoms with van der Waals surface area (Å²) in [5.74, 6) is 1.56.